The molecule has 0 unspecified atom stereocenters. The Morgan fingerprint density at radius 3 is 2.71 bits per heavy atom. The smallest absolute Gasteiger partial charge is 0.224 e. The molecule has 1 atom stereocenters. The van der Waals surface area contributed by atoms with Gasteiger partial charge in [-0.15, -0.1) is 0 Å². The summed E-state index contributed by atoms with van der Waals surface area (Å²) in [7, 11) is 0. The summed E-state index contributed by atoms with van der Waals surface area (Å²) in [4.78, 5) is 13.8. The molecule has 0 saturated carbocycles. The van der Waals surface area contributed by atoms with E-state index in [1.807, 2.05) is 53.4 Å². The maximum atomic E-state index is 12.0. The molecule has 1 aliphatic heterocycles. The fourth-order valence-electron chi connectivity index (χ4n) is 2.77. The molecule has 1 heterocycles. The molecule has 3 rings (SSSR count). The molecule has 21 heavy (non-hydrogen) atoms. The van der Waals surface area contributed by atoms with Gasteiger partial charge in [0.2, 0.25) is 5.91 Å². The second kappa shape index (κ2) is 5.74. The van der Waals surface area contributed by atoms with Gasteiger partial charge in [-0.2, -0.15) is 0 Å². The molecule has 0 spiro atoms. The molecule has 0 aliphatic carbocycles. The van der Waals surface area contributed by atoms with Crippen molar-refractivity contribution in [3.63, 3.8) is 0 Å². The zero-order valence-electron chi connectivity index (χ0n) is 11.8. The summed E-state index contributed by atoms with van der Waals surface area (Å²) in [5.41, 5.74) is 3.23. The van der Waals surface area contributed by atoms with Crippen LogP contribution in [0.5, 0.6) is 0 Å². The van der Waals surface area contributed by atoms with Crippen LogP contribution in [-0.2, 0) is 11.2 Å². The lowest BCUT2D eigenvalue weighted by Crippen LogP contribution is -2.34. The van der Waals surface area contributed by atoms with E-state index in [1.54, 1.807) is 6.92 Å². The van der Waals surface area contributed by atoms with E-state index in [4.69, 9.17) is 11.6 Å². The summed E-state index contributed by atoms with van der Waals surface area (Å²) in [6.45, 7) is 1.60. The van der Waals surface area contributed by atoms with Crippen LogP contribution in [0.1, 0.15) is 18.1 Å². The lowest BCUT2D eigenvalue weighted by molar-refractivity contribution is -0.116. The lowest BCUT2D eigenvalue weighted by atomic mass is 10.1. The van der Waals surface area contributed by atoms with Crippen molar-refractivity contribution < 1.29 is 4.79 Å². The summed E-state index contributed by atoms with van der Waals surface area (Å²) in [5, 5.41) is 0.660. The van der Waals surface area contributed by atoms with Crippen LogP contribution >= 0.6 is 11.6 Å². The predicted molar refractivity (Wildman–Crippen MR) is 87.6 cm³/mol. The molecule has 0 N–H and O–H groups in total. The molecule has 1 amide bonds. The summed E-state index contributed by atoms with van der Waals surface area (Å²) < 4.78 is 0. The molecule has 0 saturated heterocycles. The highest BCUT2D eigenvalue weighted by atomic mass is 35.5. The topological polar surface area (TPSA) is 20.3 Å². The van der Waals surface area contributed by atoms with Crippen molar-refractivity contribution in [3.8, 4) is 0 Å². The van der Waals surface area contributed by atoms with Gasteiger partial charge >= 0.3 is 0 Å². The van der Waals surface area contributed by atoms with Gasteiger partial charge < -0.3 is 4.90 Å². The largest absolute Gasteiger partial charge is 0.305 e. The van der Waals surface area contributed by atoms with E-state index >= 15 is 0 Å². The first-order valence-corrected chi connectivity index (χ1v) is 7.34. The van der Waals surface area contributed by atoms with Crippen LogP contribution in [0, 0.1) is 0 Å². The Bertz CT molecular complexity index is 694. The number of nitrogens with zero attached hydrogens (tertiary/aromatic N) is 1. The third-order valence-corrected chi connectivity index (χ3v) is 3.95. The maximum Gasteiger partial charge on any atom is 0.224 e. The predicted octanol–water partition coefficient (Wildman–Crippen LogP) is 4.33. The SMILES string of the molecule is CC(=O)N1c2cc(Cl)ccc2C[C@H]1/C=C/c1ccccc1. The molecular formula is C18H16ClNO. The number of fused-ring (bicyclic) bond motifs is 1. The molecule has 2 nitrogen and oxygen atoms in total. The molecule has 0 aromatic heterocycles. The maximum absolute atomic E-state index is 12.0. The van der Waals surface area contributed by atoms with Crippen LogP contribution in [0.4, 0.5) is 5.69 Å². The number of amides is 1. The van der Waals surface area contributed by atoms with E-state index < -0.39 is 0 Å². The van der Waals surface area contributed by atoms with Crippen LogP contribution in [-0.4, -0.2) is 11.9 Å². The number of anilines is 1. The minimum absolute atomic E-state index is 0.0405. The minimum Gasteiger partial charge on any atom is -0.305 e. The first-order chi connectivity index (χ1) is 10.1. The van der Waals surface area contributed by atoms with Gasteiger partial charge in [0.15, 0.2) is 0 Å². The van der Waals surface area contributed by atoms with Crippen LogP contribution in [0.15, 0.2) is 54.6 Å². The number of hydrogen-bond donors (Lipinski definition) is 0. The fourth-order valence-corrected chi connectivity index (χ4v) is 2.94. The van der Waals surface area contributed by atoms with Gasteiger partial charge in [-0.3, -0.25) is 4.79 Å². The van der Waals surface area contributed by atoms with Crippen molar-refractivity contribution in [2.75, 3.05) is 4.90 Å². The molecular weight excluding hydrogens is 282 g/mol. The molecule has 0 radical (unpaired) electrons. The zero-order valence-corrected chi connectivity index (χ0v) is 12.5. The Morgan fingerprint density at radius 1 is 1.24 bits per heavy atom. The van der Waals surface area contributed by atoms with Crippen LogP contribution in [0.25, 0.3) is 6.08 Å². The Hall–Kier alpha value is -2.06. The second-order valence-electron chi connectivity index (χ2n) is 5.20. The summed E-state index contributed by atoms with van der Waals surface area (Å²) in [6, 6.07) is 15.9. The van der Waals surface area contributed by atoms with Crippen molar-refractivity contribution >= 4 is 29.3 Å². The quantitative estimate of drug-likeness (QED) is 0.808. The molecule has 0 bridgehead atoms. The first kappa shape index (κ1) is 13.9. The van der Waals surface area contributed by atoms with Crippen molar-refractivity contribution in [2.24, 2.45) is 0 Å². The van der Waals surface area contributed by atoms with E-state index in [2.05, 4.69) is 12.2 Å². The van der Waals surface area contributed by atoms with Crippen molar-refractivity contribution in [1.82, 2.24) is 0 Å². The van der Waals surface area contributed by atoms with E-state index in [0.717, 1.165) is 23.2 Å². The minimum atomic E-state index is 0.0405. The Kier molecular flexibility index (Phi) is 3.80. The van der Waals surface area contributed by atoms with Gasteiger partial charge in [-0.05, 0) is 29.7 Å². The van der Waals surface area contributed by atoms with Crippen molar-refractivity contribution in [1.29, 1.82) is 0 Å². The number of carbonyl (C=O) groups is 1. The van der Waals surface area contributed by atoms with Gasteiger partial charge in [-0.1, -0.05) is 60.2 Å². The molecule has 106 valence electrons. The van der Waals surface area contributed by atoms with Gasteiger partial charge in [0.05, 0.1) is 6.04 Å². The average molecular weight is 298 g/mol. The Morgan fingerprint density at radius 2 is 2.00 bits per heavy atom. The van der Waals surface area contributed by atoms with Gasteiger partial charge in [0.25, 0.3) is 0 Å². The lowest BCUT2D eigenvalue weighted by Gasteiger charge is -2.21. The highest BCUT2D eigenvalue weighted by Crippen LogP contribution is 2.35. The van der Waals surface area contributed by atoms with E-state index in [-0.39, 0.29) is 11.9 Å². The van der Waals surface area contributed by atoms with E-state index in [9.17, 15) is 4.79 Å². The van der Waals surface area contributed by atoms with Crippen LogP contribution in [0.2, 0.25) is 5.02 Å². The number of halogens is 1. The monoisotopic (exact) mass is 297 g/mol. The number of carbonyl (C=O) groups excluding carboxylic acids is 1. The Labute approximate surface area is 129 Å². The van der Waals surface area contributed by atoms with Crippen molar-refractivity contribution in [3.05, 3.63) is 70.8 Å². The summed E-state index contributed by atoms with van der Waals surface area (Å²) >= 11 is 6.06. The number of rotatable bonds is 2. The average Bonchev–Trinajstić information content (AvgIpc) is 2.84. The standard InChI is InChI=1S/C18H16ClNO/c1-13(21)20-17(10-7-14-5-3-2-4-6-14)11-15-8-9-16(19)12-18(15)20/h2-10,12,17H,11H2,1H3/b10-7+/t17-/m1/s1. The van der Waals surface area contributed by atoms with Crippen LogP contribution < -0.4 is 4.90 Å². The zero-order chi connectivity index (χ0) is 14.8. The van der Waals surface area contributed by atoms with E-state index in [0.29, 0.717) is 5.02 Å². The van der Waals surface area contributed by atoms with Gasteiger partial charge in [0, 0.05) is 17.6 Å². The fraction of sp³-hybridized carbons (Fsp3) is 0.167. The second-order valence-corrected chi connectivity index (χ2v) is 5.64. The highest BCUT2D eigenvalue weighted by molar-refractivity contribution is 6.31. The normalized spacial score (nSPS) is 17.2. The van der Waals surface area contributed by atoms with Crippen molar-refractivity contribution in [2.45, 2.75) is 19.4 Å². The molecule has 2 aromatic carbocycles. The van der Waals surface area contributed by atoms with Gasteiger partial charge in [-0.25, -0.2) is 0 Å². The highest BCUT2D eigenvalue weighted by Gasteiger charge is 2.30. The first-order valence-electron chi connectivity index (χ1n) is 6.96. The van der Waals surface area contributed by atoms with Crippen LogP contribution in [0.3, 0.4) is 0 Å². The van der Waals surface area contributed by atoms with Gasteiger partial charge in [0.1, 0.15) is 0 Å². The number of hydrogen-bond acceptors (Lipinski definition) is 1. The molecule has 2 aromatic rings. The Balaban J connectivity index is 1.90. The summed E-state index contributed by atoms with van der Waals surface area (Å²) in [5.74, 6) is 0.0405. The third-order valence-electron chi connectivity index (χ3n) is 3.72. The molecule has 1 aliphatic rings. The molecule has 0 fully saturated rings. The third kappa shape index (κ3) is 2.86. The van der Waals surface area contributed by atoms with E-state index in [1.165, 1.54) is 0 Å². The summed E-state index contributed by atoms with van der Waals surface area (Å²) in [6.07, 6.45) is 4.98. The number of benzene rings is 2. The molecule has 3 heteroatoms.